The second-order valence-corrected chi connectivity index (χ2v) is 6.79. The second kappa shape index (κ2) is 5.11. The van der Waals surface area contributed by atoms with Gasteiger partial charge in [-0.05, 0) is 32.4 Å². The van der Waals surface area contributed by atoms with Crippen LogP contribution in [0.1, 0.15) is 19.4 Å². The van der Waals surface area contributed by atoms with Crippen molar-refractivity contribution in [3.8, 4) is 0 Å². The van der Waals surface area contributed by atoms with Gasteiger partial charge in [0.2, 0.25) is 10.0 Å². The number of nitrogens with two attached hydrogens (primary N) is 1. The van der Waals surface area contributed by atoms with Crippen LogP contribution in [0.25, 0.3) is 0 Å². The molecular weight excluding hydrogens is 252 g/mol. The van der Waals surface area contributed by atoms with Crippen LogP contribution >= 0.6 is 0 Å². The van der Waals surface area contributed by atoms with E-state index >= 15 is 0 Å². The number of sulfonamides is 1. The van der Waals surface area contributed by atoms with E-state index in [9.17, 15) is 8.42 Å². The number of aromatic nitrogens is 1. The Labute approximate surface area is 108 Å². The molecule has 4 N–H and O–H groups in total. The molecule has 1 heterocycles. The van der Waals surface area contributed by atoms with Gasteiger partial charge in [-0.3, -0.25) is 0 Å². The maximum Gasteiger partial charge on any atom is 0.209 e. The molecule has 0 bridgehead atoms. The summed E-state index contributed by atoms with van der Waals surface area (Å²) in [5.74, 6) is 0.671. The van der Waals surface area contributed by atoms with E-state index in [4.69, 9.17) is 5.73 Å². The fraction of sp³-hybridized carbons (Fsp3) is 0.545. The Morgan fingerprint density at radius 1 is 1.44 bits per heavy atom. The quantitative estimate of drug-likeness (QED) is 0.733. The Kier molecular flexibility index (Phi) is 4.18. The van der Waals surface area contributed by atoms with Crippen molar-refractivity contribution in [2.45, 2.75) is 26.3 Å². The first-order valence-electron chi connectivity index (χ1n) is 5.54. The van der Waals surface area contributed by atoms with Gasteiger partial charge in [0.25, 0.3) is 0 Å². The third-order valence-corrected chi connectivity index (χ3v) is 3.25. The first-order valence-corrected chi connectivity index (χ1v) is 7.43. The highest BCUT2D eigenvalue weighted by Gasteiger charge is 2.21. The van der Waals surface area contributed by atoms with Crippen LogP contribution in [-0.4, -0.2) is 31.7 Å². The van der Waals surface area contributed by atoms with Crippen LogP contribution in [0.2, 0.25) is 0 Å². The molecule has 0 fully saturated rings. The zero-order valence-electron chi connectivity index (χ0n) is 11.1. The Balaban J connectivity index is 2.67. The van der Waals surface area contributed by atoms with Gasteiger partial charge in [0.1, 0.15) is 5.82 Å². The van der Waals surface area contributed by atoms with E-state index in [1.165, 1.54) is 0 Å². The maximum atomic E-state index is 11.2. The summed E-state index contributed by atoms with van der Waals surface area (Å²) in [6.45, 7) is 5.91. The predicted octanol–water partition coefficient (Wildman–Crippen LogP) is 0.712. The van der Waals surface area contributed by atoms with Gasteiger partial charge in [-0.1, -0.05) is 0 Å². The van der Waals surface area contributed by atoms with Gasteiger partial charge in [0, 0.05) is 12.1 Å². The molecule has 1 aromatic heterocycles. The molecule has 0 saturated heterocycles. The van der Waals surface area contributed by atoms with Crippen molar-refractivity contribution in [1.29, 1.82) is 0 Å². The number of rotatable bonds is 5. The molecule has 18 heavy (non-hydrogen) atoms. The lowest BCUT2D eigenvalue weighted by Crippen LogP contribution is -2.47. The van der Waals surface area contributed by atoms with E-state index in [0.29, 0.717) is 18.1 Å². The van der Waals surface area contributed by atoms with Crippen molar-refractivity contribution < 1.29 is 8.42 Å². The zero-order chi connectivity index (χ0) is 14.0. The molecule has 0 aromatic carbocycles. The van der Waals surface area contributed by atoms with Crippen LogP contribution in [0.5, 0.6) is 0 Å². The molecule has 0 radical (unpaired) electrons. The van der Waals surface area contributed by atoms with E-state index in [-0.39, 0.29) is 0 Å². The van der Waals surface area contributed by atoms with Gasteiger partial charge < -0.3 is 11.1 Å². The Hall–Kier alpha value is -1.34. The lowest BCUT2D eigenvalue weighted by molar-refractivity contribution is 0.476. The lowest BCUT2D eigenvalue weighted by Gasteiger charge is -2.25. The average molecular weight is 272 g/mol. The number of anilines is 2. The number of hydrogen-bond donors (Lipinski definition) is 3. The van der Waals surface area contributed by atoms with Gasteiger partial charge in [-0.15, -0.1) is 0 Å². The summed E-state index contributed by atoms with van der Waals surface area (Å²) < 4.78 is 24.9. The monoisotopic (exact) mass is 272 g/mol. The molecule has 7 heteroatoms. The molecule has 102 valence electrons. The topological polar surface area (TPSA) is 97.1 Å². The van der Waals surface area contributed by atoms with E-state index in [1.54, 1.807) is 20.0 Å². The second-order valence-electron chi connectivity index (χ2n) is 5.04. The summed E-state index contributed by atoms with van der Waals surface area (Å²) in [4.78, 5) is 4.13. The van der Waals surface area contributed by atoms with Crippen molar-refractivity contribution in [2.75, 3.05) is 23.9 Å². The van der Waals surface area contributed by atoms with Gasteiger partial charge in [0.15, 0.2) is 0 Å². The molecule has 0 aliphatic rings. The first kappa shape index (κ1) is 14.7. The highest BCUT2D eigenvalue weighted by molar-refractivity contribution is 7.88. The Morgan fingerprint density at radius 3 is 2.56 bits per heavy atom. The molecule has 0 aliphatic heterocycles. The van der Waals surface area contributed by atoms with E-state index in [1.807, 2.05) is 13.0 Å². The molecule has 1 rings (SSSR count). The minimum Gasteiger partial charge on any atom is -0.397 e. The molecule has 0 aliphatic carbocycles. The highest BCUT2D eigenvalue weighted by atomic mass is 32.2. The Bertz CT molecular complexity index is 526. The number of nitrogen functional groups attached to an aromatic ring is 1. The Morgan fingerprint density at radius 2 is 2.06 bits per heavy atom. The fourth-order valence-corrected chi connectivity index (χ4v) is 2.59. The fourth-order valence-electron chi connectivity index (χ4n) is 1.51. The third-order valence-electron chi connectivity index (χ3n) is 2.32. The summed E-state index contributed by atoms with van der Waals surface area (Å²) in [5.41, 5.74) is 6.64. The summed E-state index contributed by atoms with van der Waals surface area (Å²) in [6, 6.07) is 1.83. The number of pyridine rings is 1. The molecule has 6 nitrogen and oxygen atoms in total. The summed E-state index contributed by atoms with van der Waals surface area (Å²) in [6.07, 6.45) is 2.72. The maximum absolute atomic E-state index is 11.2. The van der Waals surface area contributed by atoms with Crippen LogP contribution in [0.4, 0.5) is 11.5 Å². The van der Waals surface area contributed by atoms with Crippen LogP contribution in [-0.2, 0) is 10.0 Å². The average Bonchev–Trinajstić information content (AvgIpc) is 2.16. The normalized spacial score (nSPS) is 12.4. The molecule has 0 spiro atoms. The minimum atomic E-state index is -3.23. The summed E-state index contributed by atoms with van der Waals surface area (Å²) in [7, 11) is -3.23. The predicted molar refractivity (Wildman–Crippen MR) is 73.9 cm³/mol. The molecular formula is C11H20N4O2S. The van der Waals surface area contributed by atoms with E-state index in [2.05, 4.69) is 15.0 Å². The summed E-state index contributed by atoms with van der Waals surface area (Å²) >= 11 is 0. The third kappa shape index (κ3) is 4.89. The van der Waals surface area contributed by atoms with Gasteiger partial charge in [-0.2, -0.15) is 0 Å². The van der Waals surface area contributed by atoms with Crippen LogP contribution < -0.4 is 15.8 Å². The molecule has 0 amide bonds. The van der Waals surface area contributed by atoms with Gasteiger partial charge >= 0.3 is 0 Å². The van der Waals surface area contributed by atoms with Crippen molar-refractivity contribution in [3.63, 3.8) is 0 Å². The van der Waals surface area contributed by atoms with E-state index < -0.39 is 15.6 Å². The van der Waals surface area contributed by atoms with Crippen LogP contribution in [0.15, 0.2) is 12.3 Å². The zero-order valence-corrected chi connectivity index (χ0v) is 11.9. The highest BCUT2D eigenvalue weighted by Crippen LogP contribution is 2.14. The van der Waals surface area contributed by atoms with Crippen molar-refractivity contribution in [2.24, 2.45) is 0 Å². The lowest BCUT2D eigenvalue weighted by atomic mass is 10.1. The molecule has 1 aromatic rings. The summed E-state index contributed by atoms with van der Waals surface area (Å²) in [5, 5.41) is 3.08. The van der Waals surface area contributed by atoms with Crippen molar-refractivity contribution >= 4 is 21.5 Å². The minimum absolute atomic E-state index is 0.427. The van der Waals surface area contributed by atoms with Crippen molar-refractivity contribution in [3.05, 3.63) is 17.8 Å². The van der Waals surface area contributed by atoms with Gasteiger partial charge in [-0.25, -0.2) is 18.1 Å². The smallest absolute Gasteiger partial charge is 0.209 e. The van der Waals surface area contributed by atoms with Crippen LogP contribution in [0.3, 0.4) is 0 Å². The SMILES string of the molecule is Cc1cc(NCC(C)(C)NS(C)(=O)=O)ncc1N. The number of nitrogens with zero attached hydrogens (tertiary/aromatic N) is 1. The largest absolute Gasteiger partial charge is 0.397 e. The molecule has 0 atom stereocenters. The number of hydrogen-bond acceptors (Lipinski definition) is 5. The van der Waals surface area contributed by atoms with Crippen molar-refractivity contribution in [1.82, 2.24) is 9.71 Å². The first-order chi connectivity index (χ1) is 8.09. The standard InChI is InChI=1S/C11H20N4O2S/c1-8-5-10(13-6-9(8)12)14-7-11(2,3)15-18(4,16)17/h5-6,15H,7,12H2,1-4H3,(H,13,14). The number of nitrogens with one attached hydrogen (secondary N) is 2. The molecule has 0 saturated carbocycles. The van der Waals surface area contributed by atoms with Crippen LogP contribution in [0, 0.1) is 6.92 Å². The van der Waals surface area contributed by atoms with E-state index in [0.717, 1.165) is 11.8 Å². The van der Waals surface area contributed by atoms with Gasteiger partial charge in [0.05, 0.1) is 18.1 Å². The number of aryl methyl sites for hydroxylation is 1. The molecule has 0 unspecified atom stereocenters.